The average Bonchev–Trinajstić information content (AvgIpc) is 2.32. The average molecular weight is 252 g/mol. The van der Waals surface area contributed by atoms with E-state index in [9.17, 15) is 8.78 Å². The number of nitrogens with zero attached hydrogens (tertiary/aromatic N) is 2. The lowest BCUT2D eigenvalue weighted by Gasteiger charge is -2.11. The zero-order chi connectivity index (χ0) is 13.7. The molecule has 0 heterocycles. The topological polar surface area (TPSA) is 45.4 Å². The Bertz CT molecular complexity index is 504. The Hall–Kier alpha value is -1.96. The number of ether oxygens (including phenoxy) is 1. The normalized spacial score (nSPS) is 11.5. The van der Waals surface area contributed by atoms with Gasteiger partial charge < -0.3 is 4.74 Å². The molecule has 0 aliphatic carbocycles. The summed E-state index contributed by atoms with van der Waals surface area (Å²) in [7, 11) is 0. The Morgan fingerprint density at radius 3 is 2.67 bits per heavy atom. The van der Waals surface area contributed by atoms with Crippen LogP contribution in [0.2, 0.25) is 0 Å². The summed E-state index contributed by atoms with van der Waals surface area (Å²) >= 11 is 0. The van der Waals surface area contributed by atoms with Gasteiger partial charge in [0, 0.05) is 11.8 Å². The highest BCUT2D eigenvalue weighted by Crippen LogP contribution is 2.34. The molecular formula is C13H14F2N2O. The molecule has 0 saturated carbocycles. The molecule has 0 fully saturated rings. The van der Waals surface area contributed by atoms with E-state index < -0.39 is 6.61 Å². The molecule has 0 N–H and O–H groups in total. The summed E-state index contributed by atoms with van der Waals surface area (Å²) in [6.45, 7) is 2.50. The number of halogens is 2. The highest BCUT2D eigenvalue weighted by Gasteiger charge is 2.13. The van der Waals surface area contributed by atoms with Gasteiger partial charge in [-0.2, -0.15) is 14.0 Å². The standard InChI is InChI=1S/C13H14F2N2O/c1-4-9(3)17-12-8(2)5-10(7-16)6-11(12)18-13(14)15/h5-6,13H,4H2,1-3H3. The Morgan fingerprint density at radius 1 is 1.50 bits per heavy atom. The Kier molecular flexibility index (Phi) is 4.78. The largest absolute Gasteiger partial charge is 0.432 e. The molecule has 18 heavy (non-hydrogen) atoms. The predicted octanol–water partition coefficient (Wildman–Crippen LogP) is 3.97. The fourth-order valence-electron chi connectivity index (χ4n) is 1.41. The smallest absolute Gasteiger partial charge is 0.387 e. The van der Waals surface area contributed by atoms with Crippen LogP contribution in [0.5, 0.6) is 5.75 Å². The van der Waals surface area contributed by atoms with Gasteiger partial charge >= 0.3 is 6.61 Å². The second-order valence-corrected chi connectivity index (χ2v) is 3.83. The lowest BCUT2D eigenvalue weighted by atomic mass is 10.1. The molecule has 96 valence electrons. The molecule has 0 aromatic heterocycles. The van der Waals surface area contributed by atoms with Crippen molar-refractivity contribution in [3.63, 3.8) is 0 Å². The molecule has 0 unspecified atom stereocenters. The van der Waals surface area contributed by atoms with Crippen molar-refractivity contribution in [2.45, 2.75) is 33.8 Å². The van der Waals surface area contributed by atoms with Gasteiger partial charge in [-0.15, -0.1) is 0 Å². The van der Waals surface area contributed by atoms with Crippen LogP contribution >= 0.6 is 0 Å². The van der Waals surface area contributed by atoms with Gasteiger partial charge in [0.05, 0.1) is 11.6 Å². The molecule has 1 aromatic carbocycles. The van der Waals surface area contributed by atoms with Gasteiger partial charge in [-0.25, -0.2) is 0 Å². The number of benzene rings is 1. The summed E-state index contributed by atoms with van der Waals surface area (Å²) in [5.41, 5.74) is 2.07. The van der Waals surface area contributed by atoms with Crippen LogP contribution in [0, 0.1) is 18.3 Å². The Labute approximate surface area is 105 Å². The van der Waals surface area contributed by atoms with Gasteiger partial charge in [-0.1, -0.05) is 6.92 Å². The monoisotopic (exact) mass is 252 g/mol. The molecule has 3 nitrogen and oxygen atoms in total. The predicted molar refractivity (Wildman–Crippen MR) is 65.6 cm³/mol. The molecule has 0 aliphatic heterocycles. The second kappa shape index (κ2) is 6.10. The minimum atomic E-state index is -2.94. The maximum absolute atomic E-state index is 12.3. The van der Waals surface area contributed by atoms with Crippen molar-refractivity contribution in [2.24, 2.45) is 4.99 Å². The molecule has 0 aliphatic rings. The zero-order valence-electron chi connectivity index (χ0n) is 10.5. The van der Waals surface area contributed by atoms with Gasteiger partial charge in [0.2, 0.25) is 0 Å². The summed E-state index contributed by atoms with van der Waals surface area (Å²) < 4.78 is 29.1. The molecule has 0 atom stereocenters. The molecule has 1 aromatic rings. The maximum Gasteiger partial charge on any atom is 0.387 e. The summed E-state index contributed by atoms with van der Waals surface area (Å²) in [6.07, 6.45) is 0.716. The SMILES string of the molecule is CCC(C)=Nc1c(C)cc(C#N)cc1OC(F)F. The third kappa shape index (κ3) is 3.52. The van der Waals surface area contributed by atoms with Crippen LogP contribution < -0.4 is 4.74 Å². The lowest BCUT2D eigenvalue weighted by Crippen LogP contribution is -2.03. The van der Waals surface area contributed by atoms with E-state index in [1.807, 2.05) is 19.9 Å². The fraction of sp³-hybridized carbons (Fsp3) is 0.385. The number of aryl methyl sites for hydroxylation is 1. The second-order valence-electron chi connectivity index (χ2n) is 3.83. The molecular weight excluding hydrogens is 238 g/mol. The highest BCUT2D eigenvalue weighted by molar-refractivity contribution is 5.85. The third-order valence-electron chi connectivity index (χ3n) is 2.43. The van der Waals surface area contributed by atoms with Gasteiger partial charge in [0.25, 0.3) is 0 Å². The van der Waals surface area contributed by atoms with Crippen LogP contribution in [0.15, 0.2) is 17.1 Å². The minimum absolute atomic E-state index is 0.0608. The molecule has 5 heteroatoms. The van der Waals surface area contributed by atoms with Crippen molar-refractivity contribution in [1.82, 2.24) is 0 Å². The van der Waals surface area contributed by atoms with E-state index in [0.29, 0.717) is 17.7 Å². The van der Waals surface area contributed by atoms with Crippen LogP contribution in [-0.2, 0) is 0 Å². The van der Waals surface area contributed by atoms with E-state index in [1.165, 1.54) is 6.07 Å². The minimum Gasteiger partial charge on any atom is -0.432 e. The number of aliphatic imine (C=N–C) groups is 1. The third-order valence-corrected chi connectivity index (χ3v) is 2.43. The molecule has 0 amide bonds. The van der Waals surface area contributed by atoms with Crippen molar-refractivity contribution in [2.75, 3.05) is 0 Å². The van der Waals surface area contributed by atoms with Crippen molar-refractivity contribution < 1.29 is 13.5 Å². The molecule has 0 bridgehead atoms. The van der Waals surface area contributed by atoms with E-state index in [2.05, 4.69) is 9.73 Å². The first-order valence-electron chi connectivity index (χ1n) is 5.51. The first kappa shape index (κ1) is 14.1. The molecule has 1 rings (SSSR count). The number of nitriles is 1. The maximum atomic E-state index is 12.3. The van der Waals surface area contributed by atoms with Gasteiger partial charge in [-0.05, 0) is 31.9 Å². The van der Waals surface area contributed by atoms with E-state index in [-0.39, 0.29) is 11.3 Å². The highest BCUT2D eigenvalue weighted by atomic mass is 19.3. The van der Waals surface area contributed by atoms with E-state index in [1.54, 1.807) is 13.0 Å². The number of hydrogen-bond acceptors (Lipinski definition) is 3. The van der Waals surface area contributed by atoms with Crippen molar-refractivity contribution in [3.8, 4) is 11.8 Å². The number of alkyl halides is 2. The molecule has 0 saturated heterocycles. The van der Waals surface area contributed by atoms with E-state index in [0.717, 1.165) is 5.71 Å². The number of hydrogen-bond donors (Lipinski definition) is 0. The van der Waals surface area contributed by atoms with Crippen molar-refractivity contribution in [3.05, 3.63) is 23.3 Å². The molecule has 0 spiro atoms. The Morgan fingerprint density at radius 2 is 2.17 bits per heavy atom. The van der Waals surface area contributed by atoms with E-state index in [4.69, 9.17) is 5.26 Å². The summed E-state index contributed by atoms with van der Waals surface area (Å²) in [6, 6.07) is 4.78. The first-order valence-corrected chi connectivity index (χ1v) is 5.51. The van der Waals surface area contributed by atoms with Gasteiger partial charge in [0.1, 0.15) is 5.69 Å². The first-order chi connectivity index (χ1) is 8.47. The summed E-state index contributed by atoms with van der Waals surface area (Å²) in [5, 5.41) is 8.81. The van der Waals surface area contributed by atoms with Crippen LogP contribution in [0.25, 0.3) is 0 Å². The number of rotatable bonds is 4. The van der Waals surface area contributed by atoms with Crippen molar-refractivity contribution >= 4 is 11.4 Å². The van der Waals surface area contributed by atoms with Crippen LogP contribution in [-0.4, -0.2) is 12.3 Å². The summed E-state index contributed by atoms with van der Waals surface area (Å²) in [4.78, 5) is 4.25. The van der Waals surface area contributed by atoms with Crippen LogP contribution in [0.4, 0.5) is 14.5 Å². The van der Waals surface area contributed by atoms with Crippen molar-refractivity contribution in [1.29, 1.82) is 5.26 Å². The lowest BCUT2D eigenvalue weighted by molar-refractivity contribution is -0.0494. The summed E-state index contributed by atoms with van der Waals surface area (Å²) in [5.74, 6) is -0.0608. The van der Waals surface area contributed by atoms with Gasteiger partial charge in [-0.3, -0.25) is 4.99 Å². The molecule has 0 radical (unpaired) electrons. The van der Waals surface area contributed by atoms with E-state index >= 15 is 0 Å². The van der Waals surface area contributed by atoms with Crippen LogP contribution in [0.1, 0.15) is 31.4 Å². The van der Waals surface area contributed by atoms with Gasteiger partial charge in [0.15, 0.2) is 5.75 Å². The quantitative estimate of drug-likeness (QED) is 0.761. The van der Waals surface area contributed by atoms with Crippen LogP contribution in [0.3, 0.4) is 0 Å². The zero-order valence-corrected chi connectivity index (χ0v) is 10.5. The fourth-order valence-corrected chi connectivity index (χ4v) is 1.41. The Balaban J connectivity index is 3.34.